The van der Waals surface area contributed by atoms with Gasteiger partial charge in [-0.15, -0.1) is 11.3 Å². The van der Waals surface area contributed by atoms with Crippen molar-refractivity contribution < 1.29 is 14.3 Å². The van der Waals surface area contributed by atoms with Gasteiger partial charge in [-0.2, -0.15) is 0 Å². The van der Waals surface area contributed by atoms with Gasteiger partial charge in [-0.05, 0) is 29.7 Å². The van der Waals surface area contributed by atoms with Gasteiger partial charge in [0.1, 0.15) is 24.6 Å². The number of hydrogen-bond donors (Lipinski definition) is 1. The van der Waals surface area contributed by atoms with E-state index in [9.17, 15) is 9.59 Å². The molecule has 2 aromatic heterocycles. The van der Waals surface area contributed by atoms with Gasteiger partial charge in [0.2, 0.25) is 5.91 Å². The third-order valence-corrected chi connectivity index (χ3v) is 6.19. The van der Waals surface area contributed by atoms with Crippen molar-refractivity contribution in [2.45, 2.75) is 13.0 Å². The fraction of sp³-hybridized carbons (Fsp3) is 0.208. The summed E-state index contributed by atoms with van der Waals surface area (Å²) in [5.41, 5.74) is 2.63. The van der Waals surface area contributed by atoms with Gasteiger partial charge < -0.3 is 14.8 Å². The average Bonchev–Trinajstić information content (AvgIpc) is 3.26. The van der Waals surface area contributed by atoms with E-state index in [1.807, 2.05) is 53.9 Å². The van der Waals surface area contributed by atoms with E-state index < -0.39 is 0 Å². The Morgan fingerprint density at radius 1 is 1.09 bits per heavy atom. The smallest absolute Gasteiger partial charge is 0.263 e. The number of ether oxygens (including phenoxy) is 2. The average molecular weight is 448 g/mol. The number of carbonyl (C=O) groups excluding carboxylic acids is 1. The molecule has 0 saturated heterocycles. The van der Waals surface area contributed by atoms with Crippen LogP contribution in [0.25, 0.3) is 21.3 Å². The number of benzene rings is 2. The molecule has 32 heavy (non-hydrogen) atoms. The first kappa shape index (κ1) is 20.3. The van der Waals surface area contributed by atoms with Gasteiger partial charge >= 0.3 is 0 Å². The van der Waals surface area contributed by atoms with E-state index in [1.54, 1.807) is 0 Å². The molecule has 0 atom stereocenters. The molecule has 1 aliphatic rings. The van der Waals surface area contributed by atoms with Crippen LogP contribution in [0.4, 0.5) is 0 Å². The molecule has 0 radical (unpaired) electrons. The molecule has 8 heteroatoms. The summed E-state index contributed by atoms with van der Waals surface area (Å²) in [7, 11) is 0. The molecule has 5 rings (SSSR count). The van der Waals surface area contributed by atoms with Crippen LogP contribution in [-0.4, -0.2) is 35.2 Å². The first-order chi connectivity index (χ1) is 15.7. The molecule has 162 valence electrons. The normalized spacial score (nSPS) is 12.6. The zero-order valence-corrected chi connectivity index (χ0v) is 18.1. The fourth-order valence-corrected chi connectivity index (χ4v) is 4.62. The highest BCUT2D eigenvalue weighted by Gasteiger charge is 2.15. The Hall–Kier alpha value is -3.65. The summed E-state index contributed by atoms with van der Waals surface area (Å²) in [5.74, 6) is 1.24. The lowest BCUT2D eigenvalue weighted by Crippen LogP contribution is -2.33. The van der Waals surface area contributed by atoms with Crippen LogP contribution in [0.15, 0.2) is 65.0 Å². The van der Waals surface area contributed by atoms with Crippen molar-refractivity contribution in [3.05, 3.63) is 76.2 Å². The highest BCUT2D eigenvalue weighted by atomic mass is 32.1. The molecule has 4 aromatic rings. The van der Waals surface area contributed by atoms with E-state index in [0.717, 1.165) is 28.2 Å². The fourth-order valence-electron chi connectivity index (χ4n) is 3.71. The second-order valence-electron chi connectivity index (χ2n) is 7.45. The molecule has 3 heterocycles. The summed E-state index contributed by atoms with van der Waals surface area (Å²) < 4.78 is 12.5. The summed E-state index contributed by atoms with van der Waals surface area (Å²) >= 11 is 1.43. The van der Waals surface area contributed by atoms with Crippen molar-refractivity contribution in [1.29, 1.82) is 0 Å². The van der Waals surface area contributed by atoms with E-state index in [1.165, 1.54) is 22.2 Å². The van der Waals surface area contributed by atoms with Gasteiger partial charge in [0.05, 0.1) is 11.7 Å². The summed E-state index contributed by atoms with van der Waals surface area (Å²) in [4.78, 5) is 30.6. The first-order valence-electron chi connectivity index (χ1n) is 10.4. The van der Waals surface area contributed by atoms with Crippen molar-refractivity contribution in [3.63, 3.8) is 0 Å². The molecule has 0 unspecified atom stereocenters. The van der Waals surface area contributed by atoms with Crippen molar-refractivity contribution in [2.75, 3.05) is 19.8 Å². The number of rotatable bonds is 6. The number of aromatic nitrogens is 2. The Morgan fingerprint density at radius 2 is 1.91 bits per heavy atom. The number of hydrogen-bond acceptors (Lipinski definition) is 6. The number of nitrogens with one attached hydrogen (secondary N) is 1. The number of carbonyl (C=O) groups is 1. The Kier molecular flexibility index (Phi) is 5.60. The first-order valence-corrected chi connectivity index (χ1v) is 11.2. The molecule has 1 aliphatic heterocycles. The molecule has 1 N–H and O–H groups in total. The Bertz CT molecular complexity index is 1330. The van der Waals surface area contributed by atoms with E-state index in [-0.39, 0.29) is 18.0 Å². The number of thiophene rings is 1. The zero-order valence-electron chi connectivity index (χ0n) is 17.2. The van der Waals surface area contributed by atoms with Crippen LogP contribution < -0.4 is 20.3 Å². The quantitative estimate of drug-likeness (QED) is 0.491. The van der Waals surface area contributed by atoms with E-state index >= 15 is 0 Å². The van der Waals surface area contributed by atoms with Gasteiger partial charge in [0.25, 0.3) is 5.56 Å². The lowest BCUT2D eigenvalue weighted by Gasteiger charge is -2.18. The lowest BCUT2D eigenvalue weighted by atomic mass is 10.1. The van der Waals surface area contributed by atoms with Crippen molar-refractivity contribution in [3.8, 4) is 22.6 Å². The van der Waals surface area contributed by atoms with Gasteiger partial charge in [0, 0.05) is 17.5 Å². The molecule has 0 bridgehead atoms. The predicted molar refractivity (Wildman–Crippen MR) is 123 cm³/mol. The summed E-state index contributed by atoms with van der Waals surface area (Å²) in [6, 6.07) is 15.5. The maximum Gasteiger partial charge on any atom is 0.263 e. The molecule has 1 amide bonds. The van der Waals surface area contributed by atoms with Gasteiger partial charge in [0.15, 0.2) is 11.5 Å². The summed E-state index contributed by atoms with van der Waals surface area (Å²) in [6.07, 6.45) is 2.09. The second-order valence-corrected chi connectivity index (χ2v) is 8.31. The predicted octanol–water partition coefficient (Wildman–Crippen LogP) is 3.26. The minimum atomic E-state index is -0.234. The van der Waals surface area contributed by atoms with E-state index in [2.05, 4.69) is 10.3 Å². The highest BCUT2D eigenvalue weighted by Crippen LogP contribution is 2.31. The SMILES string of the molecule is O=C(Cn1cnc2scc(-c3ccccc3)c2c1=O)NCCc1ccc2c(c1)OCCO2. The summed E-state index contributed by atoms with van der Waals surface area (Å²) in [5, 5.41) is 5.36. The molecule has 0 fully saturated rings. The van der Waals surface area contributed by atoms with Crippen LogP contribution in [-0.2, 0) is 17.8 Å². The molecule has 0 saturated carbocycles. The molecule has 0 spiro atoms. The molecular weight excluding hydrogens is 426 g/mol. The van der Waals surface area contributed by atoms with Crippen molar-refractivity contribution in [2.24, 2.45) is 0 Å². The molecule has 0 aliphatic carbocycles. The lowest BCUT2D eigenvalue weighted by molar-refractivity contribution is -0.121. The third-order valence-electron chi connectivity index (χ3n) is 5.30. The third kappa shape index (κ3) is 4.09. The Balaban J connectivity index is 1.26. The van der Waals surface area contributed by atoms with Gasteiger partial charge in [-0.3, -0.25) is 14.2 Å². The van der Waals surface area contributed by atoms with E-state index in [4.69, 9.17) is 9.47 Å². The number of amides is 1. The van der Waals surface area contributed by atoms with Gasteiger partial charge in [-0.1, -0.05) is 36.4 Å². The van der Waals surface area contributed by atoms with Crippen molar-refractivity contribution in [1.82, 2.24) is 14.9 Å². The van der Waals surface area contributed by atoms with Crippen LogP contribution in [0.2, 0.25) is 0 Å². The maximum absolute atomic E-state index is 13.1. The van der Waals surface area contributed by atoms with Crippen LogP contribution >= 0.6 is 11.3 Å². The maximum atomic E-state index is 13.1. The van der Waals surface area contributed by atoms with Crippen LogP contribution in [0, 0.1) is 0 Å². The second kappa shape index (κ2) is 8.84. The molecule has 7 nitrogen and oxygen atoms in total. The molecule has 2 aromatic carbocycles. The largest absolute Gasteiger partial charge is 0.486 e. The zero-order chi connectivity index (χ0) is 21.9. The van der Waals surface area contributed by atoms with E-state index in [0.29, 0.717) is 36.4 Å². The molecular formula is C24H21N3O4S. The Morgan fingerprint density at radius 3 is 2.75 bits per heavy atom. The summed E-state index contributed by atoms with van der Waals surface area (Å²) in [6.45, 7) is 1.47. The van der Waals surface area contributed by atoms with Crippen LogP contribution in [0.5, 0.6) is 11.5 Å². The highest BCUT2D eigenvalue weighted by molar-refractivity contribution is 7.17. The van der Waals surface area contributed by atoms with Crippen LogP contribution in [0.3, 0.4) is 0 Å². The minimum Gasteiger partial charge on any atom is -0.486 e. The Labute approximate surface area is 188 Å². The van der Waals surface area contributed by atoms with Gasteiger partial charge in [-0.25, -0.2) is 4.98 Å². The number of nitrogens with zero attached hydrogens (tertiary/aromatic N) is 2. The standard InChI is InChI=1S/C24H21N3O4S/c28-21(25-9-8-16-6-7-19-20(12-16)31-11-10-30-19)13-27-15-26-23-22(24(27)29)18(14-32-23)17-4-2-1-3-5-17/h1-7,12,14-15H,8-11,13H2,(H,25,28). The van der Waals surface area contributed by atoms with Crippen LogP contribution in [0.1, 0.15) is 5.56 Å². The van der Waals surface area contributed by atoms with Crippen molar-refractivity contribution >= 4 is 27.5 Å². The number of fused-ring (bicyclic) bond motifs is 2. The minimum absolute atomic E-state index is 0.0764. The monoisotopic (exact) mass is 447 g/mol. The topological polar surface area (TPSA) is 82.5 Å².